The van der Waals surface area contributed by atoms with E-state index in [1.54, 1.807) is 0 Å². The van der Waals surface area contributed by atoms with E-state index in [1.165, 1.54) is 0 Å². The van der Waals surface area contributed by atoms with Gasteiger partial charge in [0, 0.05) is 21.9 Å². The minimum absolute atomic E-state index is 0. The summed E-state index contributed by atoms with van der Waals surface area (Å²) in [5.41, 5.74) is 7.66. The first kappa shape index (κ1) is 23.5. The van der Waals surface area contributed by atoms with Gasteiger partial charge < -0.3 is 31.6 Å². The summed E-state index contributed by atoms with van der Waals surface area (Å²) in [4.78, 5) is 47.9. The Balaban J connectivity index is 0. The molecule has 0 saturated heterocycles. The quantitative estimate of drug-likeness (QED) is 0.141. The van der Waals surface area contributed by atoms with E-state index in [-0.39, 0.29) is 16.5 Å². The molecule has 136 valence electrons. The van der Waals surface area contributed by atoms with E-state index >= 15 is 0 Å². The third-order valence-corrected chi connectivity index (χ3v) is 2.89. The minimum Gasteiger partial charge on any atom is -0.481 e. The van der Waals surface area contributed by atoms with Crippen LogP contribution in [0.25, 0.3) is 0 Å². The van der Waals surface area contributed by atoms with Gasteiger partial charge in [0.05, 0.1) is 31.3 Å². The van der Waals surface area contributed by atoms with Crippen molar-refractivity contribution in [3.8, 4) is 0 Å². The van der Waals surface area contributed by atoms with Gasteiger partial charge in [0.2, 0.25) is 0 Å². The molecule has 0 radical (unpaired) electrons. The van der Waals surface area contributed by atoms with Crippen molar-refractivity contribution in [3.05, 3.63) is 0 Å². The van der Waals surface area contributed by atoms with Gasteiger partial charge in [0.1, 0.15) is 0 Å². The molecule has 0 aromatic rings. The smallest absolute Gasteiger partial charge is 0.327 e. The van der Waals surface area contributed by atoms with E-state index in [9.17, 15) is 19.2 Å². The second-order valence-electron chi connectivity index (χ2n) is 5.29. The Hall–Kier alpha value is -1.75. The summed E-state index contributed by atoms with van der Waals surface area (Å²) in [6, 6.07) is 0. The van der Waals surface area contributed by atoms with E-state index in [0.29, 0.717) is 0 Å². The first-order valence-electron chi connectivity index (χ1n) is 6.04. The van der Waals surface area contributed by atoms with Crippen LogP contribution in [0.15, 0.2) is 0 Å². The third kappa shape index (κ3) is 9.79. The van der Waals surface area contributed by atoms with Gasteiger partial charge in [0.25, 0.3) is 0 Å². The Morgan fingerprint density at radius 2 is 1.17 bits per heavy atom. The fourth-order valence-corrected chi connectivity index (χ4v) is 2.41. The molecule has 0 spiro atoms. The first-order chi connectivity index (χ1) is 9.91. The fourth-order valence-electron chi connectivity index (χ4n) is 2.41. The third-order valence-electron chi connectivity index (χ3n) is 2.89. The number of carbonyl (C=O) groups is 4. The Morgan fingerprint density at radius 1 is 0.826 bits per heavy atom. The van der Waals surface area contributed by atoms with Crippen LogP contribution in [-0.2, 0) is 40.5 Å². The zero-order chi connectivity index (χ0) is 17.6. The zero-order valence-electron chi connectivity index (χ0n) is 12.0. The topological polar surface area (TPSA) is 216 Å². The Labute approximate surface area is 141 Å². The number of carboxylic acid groups (broad SMARTS) is 3. The second-order valence-corrected chi connectivity index (χ2v) is 5.29. The molecule has 0 aromatic carbocycles. The van der Waals surface area contributed by atoms with Gasteiger partial charge in [-0.2, -0.15) is 5.90 Å². The minimum atomic E-state index is -1.88. The molecule has 0 amide bonds. The summed E-state index contributed by atoms with van der Waals surface area (Å²) in [6.07, 6.45) is -3.55. The van der Waals surface area contributed by atoms with Gasteiger partial charge in [-0.25, -0.2) is 0 Å². The van der Waals surface area contributed by atoms with Crippen molar-refractivity contribution in [1.82, 2.24) is 0 Å². The molecule has 0 aliphatic carbocycles. The Kier molecular flexibility index (Phi) is 9.62. The van der Waals surface area contributed by atoms with E-state index in [2.05, 4.69) is 10.7 Å². The van der Waals surface area contributed by atoms with Crippen molar-refractivity contribution < 1.29 is 55.8 Å². The van der Waals surface area contributed by atoms with Crippen LogP contribution in [0.2, 0.25) is 0 Å². The summed E-state index contributed by atoms with van der Waals surface area (Å²) in [7, 11) is 0. The molecular weight excluding hydrogens is 361 g/mol. The maximum atomic E-state index is 11.1. The number of hydrogen-bond donors (Lipinski definition) is 6. The maximum absolute atomic E-state index is 11.1. The molecule has 9 N–H and O–H groups in total. The van der Waals surface area contributed by atoms with Gasteiger partial charge in [0.15, 0.2) is 0 Å². The molecule has 11 nitrogen and oxygen atoms in total. The number of hydrogen-bond acceptors (Lipinski definition) is 8. The maximum Gasteiger partial charge on any atom is 0.327 e. The molecule has 0 bridgehead atoms. The number of rotatable bonds is 10. The molecule has 0 heterocycles. The van der Waals surface area contributed by atoms with Crippen molar-refractivity contribution in [1.29, 1.82) is 0 Å². The number of carbonyl (C=O) groups excluding carboxylic acids is 1. The van der Waals surface area contributed by atoms with Crippen molar-refractivity contribution in [2.24, 2.45) is 22.8 Å². The fraction of sp³-hybridized carbons (Fsp3) is 0.636. The SMILES string of the molecule is NOC(=O)CC(N)(N)CC(CC(=O)O)(CC(=O)O)CC(=O)O.[Ni]. The first-order valence-corrected chi connectivity index (χ1v) is 6.04. The van der Waals surface area contributed by atoms with Gasteiger partial charge in [-0.3, -0.25) is 19.2 Å². The van der Waals surface area contributed by atoms with Crippen LogP contribution < -0.4 is 17.4 Å². The van der Waals surface area contributed by atoms with Crippen LogP contribution in [-0.4, -0.2) is 44.9 Å². The Bertz CT molecular complexity index is 427. The molecule has 0 fully saturated rings. The van der Waals surface area contributed by atoms with Crippen LogP contribution in [0.5, 0.6) is 0 Å². The zero-order valence-corrected chi connectivity index (χ0v) is 13.0. The van der Waals surface area contributed by atoms with Crippen molar-refractivity contribution in [2.45, 2.75) is 37.8 Å². The summed E-state index contributed by atoms with van der Waals surface area (Å²) in [5, 5.41) is 26.8. The normalized spacial score (nSPS) is 11.3. The van der Waals surface area contributed by atoms with Crippen LogP contribution in [0.4, 0.5) is 0 Å². The monoisotopic (exact) mass is 379 g/mol. The van der Waals surface area contributed by atoms with E-state index in [1.807, 2.05) is 0 Å². The molecular formula is C11H19N3NiO8. The molecule has 0 rings (SSSR count). The number of aliphatic carboxylic acids is 3. The molecule has 23 heavy (non-hydrogen) atoms. The van der Waals surface area contributed by atoms with Crippen LogP contribution in [0.3, 0.4) is 0 Å². The molecule has 0 atom stereocenters. The van der Waals surface area contributed by atoms with Gasteiger partial charge >= 0.3 is 23.9 Å². The summed E-state index contributed by atoms with van der Waals surface area (Å²) >= 11 is 0. The standard InChI is InChI=1S/C11H19N3O8.Ni/c12-11(13,4-9(21)22-14)5-10(1-6(15)16,2-7(17)18)3-8(19)20;/h1-5,12-14H2,(H,15,16)(H,17,18)(H,19,20);. The van der Waals surface area contributed by atoms with Crippen LogP contribution in [0, 0.1) is 5.41 Å². The number of carboxylic acids is 3. The summed E-state index contributed by atoms with van der Waals surface area (Å²) in [5.74, 6) is -0.609. The van der Waals surface area contributed by atoms with Crippen molar-refractivity contribution >= 4 is 23.9 Å². The average Bonchev–Trinajstić information content (AvgIpc) is 2.23. The summed E-state index contributed by atoms with van der Waals surface area (Å²) in [6.45, 7) is 0. The Morgan fingerprint density at radius 3 is 1.43 bits per heavy atom. The molecule has 12 heteroatoms. The van der Waals surface area contributed by atoms with E-state index in [0.717, 1.165) is 0 Å². The van der Waals surface area contributed by atoms with E-state index < -0.39 is 67.1 Å². The largest absolute Gasteiger partial charge is 0.481 e. The molecule has 0 aliphatic rings. The summed E-state index contributed by atoms with van der Waals surface area (Å²) < 4.78 is 0. The van der Waals surface area contributed by atoms with Crippen LogP contribution in [0.1, 0.15) is 32.1 Å². The average molecular weight is 380 g/mol. The van der Waals surface area contributed by atoms with Crippen LogP contribution >= 0.6 is 0 Å². The van der Waals surface area contributed by atoms with Crippen molar-refractivity contribution in [3.63, 3.8) is 0 Å². The number of nitrogens with two attached hydrogens (primary N) is 3. The van der Waals surface area contributed by atoms with Gasteiger partial charge in [-0.1, -0.05) is 0 Å². The molecule has 0 unspecified atom stereocenters. The molecule has 0 aromatic heterocycles. The second kappa shape index (κ2) is 9.41. The van der Waals surface area contributed by atoms with Gasteiger partial charge in [-0.15, -0.1) is 0 Å². The van der Waals surface area contributed by atoms with E-state index in [4.69, 9.17) is 26.8 Å². The molecule has 0 saturated carbocycles. The van der Waals surface area contributed by atoms with Crippen molar-refractivity contribution in [2.75, 3.05) is 0 Å². The predicted octanol–water partition coefficient (Wildman–Crippen LogP) is -1.79. The van der Waals surface area contributed by atoms with Gasteiger partial charge in [-0.05, 0) is 6.42 Å². The predicted molar refractivity (Wildman–Crippen MR) is 69.8 cm³/mol. The molecule has 0 aliphatic heterocycles.